The molecule has 9 nitrogen and oxygen atoms in total. The van der Waals surface area contributed by atoms with Gasteiger partial charge in [-0.25, -0.2) is 9.59 Å². The van der Waals surface area contributed by atoms with Crippen molar-refractivity contribution in [2.24, 2.45) is 17.6 Å². The number of amides is 1. The molecule has 3 fully saturated rings. The van der Waals surface area contributed by atoms with Gasteiger partial charge in [0.2, 0.25) is 0 Å². The summed E-state index contributed by atoms with van der Waals surface area (Å²) in [7, 11) is 2.95. The predicted octanol–water partition coefficient (Wildman–Crippen LogP) is 3.18. The molecule has 4 unspecified atom stereocenters. The lowest BCUT2D eigenvalue weighted by atomic mass is 9.68. The van der Waals surface area contributed by atoms with Gasteiger partial charge in [-0.05, 0) is 64.3 Å². The second-order valence-electron chi connectivity index (χ2n) is 10.3. The number of hydrogen-bond donors (Lipinski definition) is 2. The summed E-state index contributed by atoms with van der Waals surface area (Å²) in [5.74, 6) is 0.0900. The maximum atomic E-state index is 12.7. The Morgan fingerprint density at radius 2 is 1.91 bits per heavy atom. The van der Waals surface area contributed by atoms with Gasteiger partial charge in [0.1, 0.15) is 29.5 Å². The maximum absolute atomic E-state index is 12.7. The number of unbranched alkanes of at least 4 members (excludes halogenated alkanes) is 1. The molecule has 1 saturated carbocycles. The Labute approximate surface area is 204 Å². The van der Waals surface area contributed by atoms with E-state index in [1.54, 1.807) is 7.11 Å². The number of methoxy groups -OCH3 is 2. The Bertz CT molecular complexity index is 684. The fourth-order valence-electron chi connectivity index (χ4n) is 5.47. The van der Waals surface area contributed by atoms with Crippen LogP contribution < -0.4 is 11.1 Å². The zero-order valence-corrected chi connectivity index (χ0v) is 20.8. The molecule has 0 radical (unpaired) electrons. The summed E-state index contributed by atoms with van der Waals surface area (Å²) < 4.78 is 28.8. The SMILES string of the molecule is C.COC(=O)C(CCCCN)NC(=O)OC1CC[C@]2(CO2)C([C@@]2(C)O[C@@H]2CCC(C)C)C1OC. The van der Waals surface area contributed by atoms with Crippen molar-refractivity contribution in [1.29, 1.82) is 0 Å². The second kappa shape index (κ2) is 12.0. The van der Waals surface area contributed by atoms with E-state index in [1.165, 1.54) is 7.11 Å². The summed E-state index contributed by atoms with van der Waals surface area (Å²) in [6, 6.07) is -0.766. The molecule has 1 spiro atoms. The zero-order chi connectivity index (χ0) is 24.2. The molecule has 2 aliphatic heterocycles. The molecule has 1 aliphatic carbocycles. The van der Waals surface area contributed by atoms with E-state index in [2.05, 4.69) is 26.1 Å². The number of carbonyl (C=O) groups excluding carboxylic acids is 2. The number of ether oxygens (including phenoxy) is 5. The van der Waals surface area contributed by atoms with E-state index >= 15 is 0 Å². The first kappa shape index (κ1) is 28.8. The average Bonchev–Trinajstić information content (AvgIpc) is 3.69. The predicted molar refractivity (Wildman–Crippen MR) is 128 cm³/mol. The van der Waals surface area contributed by atoms with Crippen LogP contribution in [0.3, 0.4) is 0 Å². The molecule has 2 saturated heterocycles. The molecule has 0 aromatic heterocycles. The molecule has 1 amide bonds. The standard InChI is InChI=1S/C24H42N2O7.CH4/c1-15(2)9-10-18-23(3,33-18)20-19(29-4)17(11-12-24(20)14-31-24)32-22(28)26-16(21(27)30-5)8-6-7-13-25;/h15-20H,6-14,25H2,1-5H3,(H,26,28);1H4/t16?,17?,18-,19?,20?,23+,24+;/m1./s1. The van der Waals surface area contributed by atoms with E-state index in [4.69, 9.17) is 29.4 Å². The molecule has 0 aromatic rings. The highest BCUT2D eigenvalue weighted by atomic mass is 16.6. The summed E-state index contributed by atoms with van der Waals surface area (Å²) in [4.78, 5) is 24.8. The Morgan fingerprint density at radius 1 is 1.21 bits per heavy atom. The topological polar surface area (TPSA) is 125 Å². The third-order valence-corrected chi connectivity index (χ3v) is 7.49. The van der Waals surface area contributed by atoms with Crippen LogP contribution in [0.4, 0.5) is 4.79 Å². The van der Waals surface area contributed by atoms with Crippen LogP contribution in [0.5, 0.6) is 0 Å². The van der Waals surface area contributed by atoms with Gasteiger partial charge in [-0.15, -0.1) is 0 Å². The van der Waals surface area contributed by atoms with Gasteiger partial charge in [-0.2, -0.15) is 0 Å². The zero-order valence-electron chi connectivity index (χ0n) is 20.8. The van der Waals surface area contributed by atoms with Crippen molar-refractivity contribution >= 4 is 12.1 Å². The van der Waals surface area contributed by atoms with Gasteiger partial charge in [0.05, 0.1) is 25.7 Å². The van der Waals surface area contributed by atoms with Crippen LogP contribution in [-0.2, 0) is 28.5 Å². The normalized spacial score (nSPS) is 34.8. The molecular formula is C25H46N2O7. The first-order valence-electron chi connectivity index (χ1n) is 12.3. The van der Waals surface area contributed by atoms with Crippen molar-refractivity contribution in [1.82, 2.24) is 5.32 Å². The minimum Gasteiger partial charge on any atom is -0.467 e. The molecule has 3 aliphatic rings. The van der Waals surface area contributed by atoms with Crippen LogP contribution >= 0.6 is 0 Å². The average molecular weight is 487 g/mol. The maximum Gasteiger partial charge on any atom is 0.408 e. The fraction of sp³-hybridized carbons (Fsp3) is 0.920. The number of nitrogens with two attached hydrogens (primary N) is 1. The number of nitrogens with one attached hydrogen (secondary N) is 1. The number of alkyl carbamates (subject to hydrolysis) is 1. The third-order valence-electron chi connectivity index (χ3n) is 7.49. The highest BCUT2D eigenvalue weighted by Gasteiger charge is 2.72. The minimum atomic E-state index is -0.766. The molecule has 9 heteroatoms. The number of epoxide rings is 2. The summed E-state index contributed by atoms with van der Waals surface area (Å²) in [5.41, 5.74) is 4.91. The van der Waals surface area contributed by atoms with Crippen molar-refractivity contribution in [3.63, 3.8) is 0 Å². The van der Waals surface area contributed by atoms with Crippen molar-refractivity contribution in [2.75, 3.05) is 27.4 Å². The van der Waals surface area contributed by atoms with Crippen LogP contribution in [0.2, 0.25) is 0 Å². The molecule has 3 N–H and O–H groups in total. The third kappa shape index (κ3) is 6.42. The van der Waals surface area contributed by atoms with Crippen molar-refractivity contribution in [2.45, 2.75) is 109 Å². The first-order valence-corrected chi connectivity index (χ1v) is 12.3. The van der Waals surface area contributed by atoms with E-state index in [0.29, 0.717) is 38.3 Å². The summed E-state index contributed by atoms with van der Waals surface area (Å²) in [5, 5.41) is 2.67. The van der Waals surface area contributed by atoms with Gasteiger partial charge in [-0.1, -0.05) is 21.3 Å². The van der Waals surface area contributed by atoms with E-state index in [0.717, 1.165) is 25.7 Å². The van der Waals surface area contributed by atoms with Crippen LogP contribution in [0.15, 0.2) is 0 Å². The molecule has 34 heavy (non-hydrogen) atoms. The highest BCUT2D eigenvalue weighted by molar-refractivity contribution is 5.81. The molecule has 7 atom stereocenters. The van der Waals surface area contributed by atoms with Gasteiger partial charge in [-0.3, -0.25) is 0 Å². The Kier molecular flexibility index (Phi) is 10.2. The fourth-order valence-corrected chi connectivity index (χ4v) is 5.47. The van der Waals surface area contributed by atoms with Gasteiger partial charge >= 0.3 is 12.1 Å². The van der Waals surface area contributed by atoms with E-state index in [1.807, 2.05) is 0 Å². The summed E-state index contributed by atoms with van der Waals surface area (Å²) >= 11 is 0. The van der Waals surface area contributed by atoms with E-state index < -0.39 is 24.2 Å². The minimum absolute atomic E-state index is 0. The largest absolute Gasteiger partial charge is 0.467 e. The van der Waals surface area contributed by atoms with Crippen LogP contribution in [0, 0.1) is 11.8 Å². The molecule has 3 rings (SSSR count). The van der Waals surface area contributed by atoms with Gasteiger partial charge in [0.25, 0.3) is 0 Å². The lowest BCUT2D eigenvalue weighted by Gasteiger charge is -2.42. The summed E-state index contributed by atoms with van der Waals surface area (Å²) in [6.07, 6.45) is 4.12. The number of esters is 1. The van der Waals surface area contributed by atoms with Crippen LogP contribution in [0.1, 0.15) is 73.1 Å². The number of hydrogen-bond acceptors (Lipinski definition) is 8. The van der Waals surface area contributed by atoms with Crippen molar-refractivity contribution in [3.8, 4) is 0 Å². The molecule has 0 bridgehead atoms. The van der Waals surface area contributed by atoms with Crippen LogP contribution in [-0.4, -0.2) is 75.0 Å². The van der Waals surface area contributed by atoms with Crippen molar-refractivity contribution < 1.29 is 33.3 Å². The van der Waals surface area contributed by atoms with Crippen molar-refractivity contribution in [3.05, 3.63) is 0 Å². The first-order chi connectivity index (χ1) is 15.7. The Hall–Kier alpha value is -1.42. The summed E-state index contributed by atoms with van der Waals surface area (Å²) in [6.45, 7) is 7.76. The monoisotopic (exact) mass is 486 g/mol. The molecule has 2 heterocycles. The lowest BCUT2D eigenvalue weighted by molar-refractivity contribution is -0.143. The van der Waals surface area contributed by atoms with E-state index in [-0.39, 0.29) is 36.8 Å². The van der Waals surface area contributed by atoms with E-state index in [9.17, 15) is 9.59 Å². The molecule has 198 valence electrons. The highest BCUT2D eigenvalue weighted by Crippen LogP contribution is 2.59. The molecule has 0 aromatic carbocycles. The Morgan fingerprint density at radius 3 is 2.47 bits per heavy atom. The quantitative estimate of drug-likeness (QED) is 0.245. The van der Waals surface area contributed by atoms with Crippen LogP contribution in [0.25, 0.3) is 0 Å². The Balaban J connectivity index is 0.00000408. The second-order valence-corrected chi connectivity index (χ2v) is 10.3. The van der Waals surface area contributed by atoms with Gasteiger partial charge in [0, 0.05) is 7.11 Å². The number of rotatable bonds is 12. The van der Waals surface area contributed by atoms with Gasteiger partial charge in [0.15, 0.2) is 0 Å². The smallest absolute Gasteiger partial charge is 0.408 e. The van der Waals surface area contributed by atoms with Gasteiger partial charge < -0.3 is 34.7 Å². The molecular weight excluding hydrogens is 440 g/mol. The lowest BCUT2D eigenvalue weighted by Crippen LogP contribution is -2.56. The number of carbonyl (C=O) groups is 2.